The second-order valence-electron chi connectivity index (χ2n) is 5.37. The van der Waals surface area contributed by atoms with E-state index in [2.05, 4.69) is 41.8 Å². The van der Waals surface area contributed by atoms with E-state index >= 15 is 0 Å². The number of hydrogen-bond donors (Lipinski definition) is 2. The summed E-state index contributed by atoms with van der Waals surface area (Å²) in [7, 11) is 0. The van der Waals surface area contributed by atoms with Crippen LogP contribution in [0.4, 0.5) is 0 Å². The van der Waals surface area contributed by atoms with Crippen LogP contribution in [-0.4, -0.2) is 25.0 Å². The van der Waals surface area contributed by atoms with Gasteiger partial charge in [-0.25, -0.2) is 0 Å². The summed E-state index contributed by atoms with van der Waals surface area (Å²) in [6.07, 6.45) is 4.04. The number of nitrogens with one attached hydrogen (secondary N) is 2. The molecule has 1 heterocycles. The lowest BCUT2D eigenvalue weighted by Crippen LogP contribution is -2.40. The van der Waals surface area contributed by atoms with Gasteiger partial charge in [0.1, 0.15) is 0 Å². The molecule has 2 N–H and O–H groups in total. The van der Waals surface area contributed by atoms with Crippen LogP contribution in [0.25, 0.3) is 0 Å². The van der Waals surface area contributed by atoms with Crippen molar-refractivity contribution < 1.29 is 4.79 Å². The lowest BCUT2D eigenvalue weighted by atomic mass is 10.0. The molecule has 0 spiro atoms. The second-order valence-corrected chi connectivity index (χ2v) is 5.37. The average Bonchev–Trinajstić information content (AvgIpc) is 2.94. The Kier molecular flexibility index (Phi) is 5.40. The normalized spacial score (nSPS) is 20.2. The maximum absolute atomic E-state index is 12.2. The number of carbonyl (C=O) groups excluding carboxylic acids is 1. The van der Waals surface area contributed by atoms with Gasteiger partial charge < -0.3 is 10.6 Å². The average molecular weight is 260 g/mol. The van der Waals surface area contributed by atoms with Gasteiger partial charge in [-0.15, -0.1) is 0 Å². The first kappa shape index (κ1) is 14.1. The Hall–Kier alpha value is -1.35. The zero-order chi connectivity index (χ0) is 13.5. The van der Waals surface area contributed by atoms with Crippen LogP contribution < -0.4 is 10.6 Å². The van der Waals surface area contributed by atoms with Crippen molar-refractivity contribution in [1.82, 2.24) is 10.6 Å². The first-order valence-electron chi connectivity index (χ1n) is 7.34. The fraction of sp³-hybridized carbons (Fsp3) is 0.562. The molecule has 0 aromatic heterocycles. The maximum atomic E-state index is 12.2. The van der Waals surface area contributed by atoms with E-state index in [9.17, 15) is 4.79 Å². The highest BCUT2D eigenvalue weighted by atomic mass is 16.2. The van der Waals surface area contributed by atoms with Gasteiger partial charge in [0.25, 0.3) is 0 Å². The third-order valence-corrected chi connectivity index (χ3v) is 3.74. The lowest BCUT2D eigenvalue weighted by molar-refractivity contribution is -0.125. The molecule has 3 heteroatoms. The predicted octanol–water partition coefficient (Wildman–Crippen LogP) is 2.12. The fourth-order valence-corrected chi connectivity index (χ4v) is 2.67. The van der Waals surface area contributed by atoms with Gasteiger partial charge in [0.15, 0.2) is 0 Å². The Morgan fingerprint density at radius 3 is 2.84 bits per heavy atom. The largest absolute Gasteiger partial charge is 0.353 e. The first-order valence-corrected chi connectivity index (χ1v) is 7.34. The Bertz CT molecular complexity index is 385. The molecule has 2 atom stereocenters. The van der Waals surface area contributed by atoms with Crippen LogP contribution in [0.15, 0.2) is 30.3 Å². The fourth-order valence-electron chi connectivity index (χ4n) is 2.67. The molecule has 0 bridgehead atoms. The number of hydrogen-bond acceptors (Lipinski definition) is 2. The monoisotopic (exact) mass is 260 g/mol. The van der Waals surface area contributed by atoms with E-state index in [1.165, 1.54) is 5.56 Å². The molecule has 1 fully saturated rings. The van der Waals surface area contributed by atoms with Crippen LogP contribution >= 0.6 is 0 Å². The molecule has 0 radical (unpaired) electrons. The summed E-state index contributed by atoms with van der Waals surface area (Å²) in [4.78, 5) is 12.2. The standard InChI is InChI=1S/C16H24N2O/c1-2-6-15(11-13-7-4-3-5-8-13)18-16(19)14-9-10-17-12-14/h3-5,7-8,14-15,17H,2,6,9-12H2,1H3,(H,18,19). The van der Waals surface area contributed by atoms with E-state index in [-0.39, 0.29) is 17.9 Å². The summed E-state index contributed by atoms with van der Waals surface area (Å²) in [5, 5.41) is 6.48. The summed E-state index contributed by atoms with van der Waals surface area (Å²) in [6.45, 7) is 3.96. The van der Waals surface area contributed by atoms with Gasteiger partial charge in [0.05, 0.1) is 5.92 Å². The van der Waals surface area contributed by atoms with Crippen molar-refractivity contribution in [2.24, 2.45) is 5.92 Å². The third kappa shape index (κ3) is 4.35. The van der Waals surface area contributed by atoms with Gasteiger partial charge in [0.2, 0.25) is 5.91 Å². The van der Waals surface area contributed by atoms with E-state index in [4.69, 9.17) is 0 Å². The van der Waals surface area contributed by atoms with E-state index in [0.717, 1.165) is 38.8 Å². The maximum Gasteiger partial charge on any atom is 0.224 e. The Labute approximate surface area is 115 Å². The van der Waals surface area contributed by atoms with Gasteiger partial charge in [-0.2, -0.15) is 0 Å². The molecule has 0 saturated carbocycles. The van der Waals surface area contributed by atoms with Crippen molar-refractivity contribution in [3.63, 3.8) is 0 Å². The summed E-state index contributed by atoms with van der Waals surface area (Å²) in [6, 6.07) is 10.7. The number of carbonyl (C=O) groups is 1. The van der Waals surface area contributed by atoms with Crippen molar-refractivity contribution in [1.29, 1.82) is 0 Å². The van der Waals surface area contributed by atoms with Crippen molar-refractivity contribution in [3.05, 3.63) is 35.9 Å². The van der Waals surface area contributed by atoms with Crippen LogP contribution in [0.5, 0.6) is 0 Å². The topological polar surface area (TPSA) is 41.1 Å². The molecule has 19 heavy (non-hydrogen) atoms. The van der Waals surface area contributed by atoms with E-state index in [1.54, 1.807) is 0 Å². The van der Waals surface area contributed by atoms with Gasteiger partial charge >= 0.3 is 0 Å². The second kappa shape index (κ2) is 7.29. The van der Waals surface area contributed by atoms with Crippen LogP contribution in [0.2, 0.25) is 0 Å². The minimum atomic E-state index is 0.162. The van der Waals surface area contributed by atoms with Crippen molar-refractivity contribution >= 4 is 5.91 Å². The third-order valence-electron chi connectivity index (χ3n) is 3.74. The number of rotatable bonds is 6. The lowest BCUT2D eigenvalue weighted by Gasteiger charge is -2.20. The van der Waals surface area contributed by atoms with Gasteiger partial charge in [-0.1, -0.05) is 43.7 Å². The van der Waals surface area contributed by atoms with Crippen LogP contribution in [0.3, 0.4) is 0 Å². The smallest absolute Gasteiger partial charge is 0.224 e. The summed E-state index contributed by atoms with van der Waals surface area (Å²) < 4.78 is 0. The minimum Gasteiger partial charge on any atom is -0.353 e. The molecule has 0 aliphatic carbocycles. The molecule has 1 amide bonds. The van der Waals surface area contributed by atoms with Crippen LogP contribution in [0, 0.1) is 5.92 Å². The number of amides is 1. The molecule has 2 rings (SSSR count). The minimum absolute atomic E-state index is 0.162. The molecule has 1 aliphatic heterocycles. The quantitative estimate of drug-likeness (QED) is 0.822. The highest BCUT2D eigenvalue weighted by molar-refractivity contribution is 5.79. The molecule has 1 aromatic rings. The molecule has 1 saturated heterocycles. The Morgan fingerprint density at radius 1 is 1.42 bits per heavy atom. The summed E-state index contributed by atoms with van der Waals surface area (Å²) >= 11 is 0. The van der Waals surface area contributed by atoms with Gasteiger partial charge in [-0.3, -0.25) is 4.79 Å². The van der Waals surface area contributed by atoms with E-state index in [0.29, 0.717) is 0 Å². The van der Waals surface area contributed by atoms with Gasteiger partial charge in [0, 0.05) is 12.6 Å². The Morgan fingerprint density at radius 2 is 2.21 bits per heavy atom. The molecule has 104 valence electrons. The van der Waals surface area contributed by atoms with E-state index in [1.807, 2.05) is 6.07 Å². The summed E-state index contributed by atoms with van der Waals surface area (Å²) in [5.41, 5.74) is 1.30. The van der Waals surface area contributed by atoms with Crippen molar-refractivity contribution in [3.8, 4) is 0 Å². The first-order chi connectivity index (χ1) is 9.29. The van der Waals surface area contributed by atoms with Crippen LogP contribution in [0.1, 0.15) is 31.7 Å². The molecule has 1 aliphatic rings. The number of benzene rings is 1. The molecule has 2 unspecified atom stereocenters. The van der Waals surface area contributed by atoms with Crippen LogP contribution in [-0.2, 0) is 11.2 Å². The SMILES string of the molecule is CCCC(Cc1ccccc1)NC(=O)C1CCNC1. The molecule has 3 nitrogen and oxygen atoms in total. The van der Waals surface area contributed by atoms with E-state index < -0.39 is 0 Å². The Balaban J connectivity index is 1.90. The molecule has 1 aromatic carbocycles. The van der Waals surface area contributed by atoms with Crippen molar-refractivity contribution in [2.45, 2.75) is 38.6 Å². The molecular formula is C16H24N2O. The summed E-state index contributed by atoms with van der Waals surface area (Å²) in [5.74, 6) is 0.384. The van der Waals surface area contributed by atoms with Gasteiger partial charge in [-0.05, 0) is 31.4 Å². The highest BCUT2D eigenvalue weighted by Gasteiger charge is 2.24. The van der Waals surface area contributed by atoms with Crippen molar-refractivity contribution in [2.75, 3.05) is 13.1 Å². The highest BCUT2D eigenvalue weighted by Crippen LogP contribution is 2.11. The zero-order valence-corrected chi connectivity index (χ0v) is 11.7. The molecular weight excluding hydrogens is 236 g/mol. The zero-order valence-electron chi connectivity index (χ0n) is 11.7. The predicted molar refractivity (Wildman–Crippen MR) is 78.0 cm³/mol.